The Labute approximate surface area is 296 Å². The molecule has 0 saturated heterocycles. The molecular weight excluding hydrogens is 637 g/mol. The van der Waals surface area contributed by atoms with E-state index in [1.54, 1.807) is 0 Å². The maximum Gasteiger partial charge on any atom is 0.316 e. The topological polar surface area (TPSA) is 157 Å². The number of ether oxygens (including phenoxy) is 1. The highest BCUT2D eigenvalue weighted by Crippen LogP contribution is 2.67. The van der Waals surface area contributed by atoms with Crippen molar-refractivity contribution in [2.24, 2.45) is 45.5 Å². The molecule has 0 aliphatic heterocycles. The van der Waals surface area contributed by atoms with Gasteiger partial charge in [0.05, 0.1) is 11.9 Å². The predicted molar refractivity (Wildman–Crippen MR) is 194 cm³/mol. The van der Waals surface area contributed by atoms with E-state index in [1.165, 1.54) is 11.8 Å². The molecule has 0 aromatic heterocycles. The van der Waals surface area contributed by atoms with Crippen molar-refractivity contribution in [3.8, 4) is 0 Å². The number of amides is 1. The maximum atomic E-state index is 13.8. The van der Waals surface area contributed by atoms with Crippen molar-refractivity contribution in [3.05, 3.63) is 65.2 Å². The summed E-state index contributed by atoms with van der Waals surface area (Å²) in [4.78, 5) is 40.9. The molecule has 0 radical (unpaired) electrons. The number of hydrogen-bond acceptors (Lipinski definition) is 9. The smallest absolute Gasteiger partial charge is 0.316 e. The summed E-state index contributed by atoms with van der Waals surface area (Å²) in [7, 11) is 0. The quantitative estimate of drug-likeness (QED) is 0.113. The SMILES string of the molecule is C[C@@H]1CC[C@@]23CCC(=O)[C@H]2[C@]1(C)[C@H](OC(=O)CSc1ccc(CN)cc1)C[C@](C)(CNCc1ccc(C(=O)NCCCN)cc1)[C@@H](O)[C@@H]3C. The zero-order chi connectivity index (χ0) is 35.4. The number of carbonyl (C=O) groups excluding carboxylic acids is 3. The molecule has 2 aromatic carbocycles. The number of nitrogens with two attached hydrogens (primary N) is 2. The van der Waals surface area contributed by atoms with Crippen molar-refractivity contribution in [1.29, 1.82) is 0 Å². The second kappa shape index (κ2) is 15.6. The van der Waals surface area contributed by atoms with Crippen molar-refractivity contribution in [3.63, 3.8) is 0 Å². The maximum absolute atomic E-state index is 13.8. The summed E-state index contributed by atoms with van der Waals surface area (Å²) in [5.41, 5.74) is 12.4. The number of carbonyl (C=O) groups is 3. The Bertz CT molecular complexity index is 1470. The predicted octanol–water partition coefficient (Wildman–Crippen LogP) is 4.83. The van der Waals surface area contributed by atoms with E-state index in [1.807, 2.05) is 48.5 Å². The minimum Gasteiger partial charge on any atom is -0.461 e. The van der Waals surface area contributed by atoms with Gasteiger partial charge < -0.3 is 31.9 Å². The highest BCUT2D eigenvalue weighted by atomic mass is 32.2. The van der Waals surface area contributed by atoms with Gasteiger partial charge in [-0.3, -0.25) is 14.4 Å². The largest absolute Gasteiger partial charge is 0.461 e. The van der Waals surface area contributed by atoms with Crippen LogP contribution in [-0.4, -0.2) is 60.4 Å². The lowest BCUT2D eigenvalue weighted by Crippen LogP contribution is -2.64. The number of nitrogens with one attached hydrogen (secondary N) is 2. The van der Waals surface area contributed by atoms with Gasteiger partial charge in [-0.1, -0.05) is 52.0 Å². The van der Waals surface area contributed by atoms with Gasteiger partial charge in [0, 0.05) is 59.8 Å². The van der Waals surface area contributed by atoms with E-state index in [9.17, 15) is 19.5 Å². The van der Waals surface area contributed by atoms with Gasteiger partial charge in [-0.15, -0.1) is 11.8 Å². The molecule has 2 bridgehead atoms. The Hall–Kier alpha value is -2.76. The van der Waals surface area contributed by atoms with Crippen LogP contribution in [0.5, 0.6) is 0 Å². The first-order valence-electron chi connectivity index (χ1n) is 18.0. The number of aliphatic hydroxyl groups excluding tert-OH is 1. The summed E-state index contributed by atoms with van der Waals surface area (Å²) in [5, 5.41) is 18.7. The monoisotopic (exact) mass is 692 g/mol. The van der Waals surface area contributed by atoms with Crippen molar-refractivity contribution in [1.82, 2.24) is 10.6 Å². The molecule has 3 saturated carbocycles. The van der Waals surface area contributed by atoms with Gasteiger partial charge in [0.15, 0.2) is 0 Å². The van der Waals surface area contributed by atoms with E-state index in [4.69, 9.17) is 16.2 Å². The van der Waals surface area contributed by atoms with Gasteiger partial charge in [-0.2, -0.15) is 0 Å². The van der Waals surface area contributed by atoms with Crippen LogP contribution in [0.1, 0.15) is 87.7 Å². The van der Waals surface area contributed by atoms with Crippen molar-refractivity contribution in [2.75, 3.05) is 25.4 Å². The molecule has 49 heavy (non-hydrogen) atoms. The summed E-state index contributed by atoms with van der Waals surface area (Å²) in [5.74, 6) is -0.198. The first-order chi connectivity index (χ1) is 23.4. The third-order valence-corrected chi connectivity index (χ3v) is 13.4. The number of Topliss-reactive ketones (excluding diaryl/α,β-unsaturated/α-hetero) is 1. The fourth-order valence-electron chi connectivity index (χ4n) is 9.26. The lowest BCUT2D eigenvalue weighted by molar-refractivity contribution is -0.210. The number of benzene rings is 2. The van der Waals surface area contributed by atoms with E-state index in [0.717, 1.165) is 41.7 Å². The summed E-state index contributed by atoms with van der Waals surface area (Å²) in [6, 6.07) is 15.4. The molecule has 0 heterocycles. The summed E-state index contributed by atoms with van der Waals surface area (Å²) >= 11 is 1.43. The number of ketones is 1. The van der Waals surface area contributed by atoms with Crippen LogP contribution in [0.15, 0.2) is 53.4 Å². The van der Waals surface area contributed by atoms with Crippen LogP contribution < -0.4 is 22.1 Å². The van der Waals surface area contributed by atoms with Crippen LogP contribution in [0.4, 0.5) is 0 Å². The molecule has 268 valence electrons. The zero-order valence-electron chi connectivity index (χ0n) is 29.6. The van der Waals surface area contributed by atoms with Gasteiger partial charge in [0.2, 0.25) is 0 Å². The second-order valence-corrected chi connectivity index (χ2v) is 16.4. The fraction of sp³-hybridized carbons (Fsp3) is 0.615. The molecule has 0 unspecified atom stereocenters. The average Bonchev–Trinajstić information content (AvgIpc) is 3.46. The summed E-state index contributed by atoms with van der Waals surface area (Å²) in [6.07, 6.45) is 3.03. The van der Waals surface area contributed by atoms with Crippen LogP contribution in [0, 0.1) is 34.0 Å². The Morgan fingerprint density at radius 2 is 1.71 bits per heavy atom. The molecule has 9 nitrogen and oxygen atoms in total. The van der Waals surface area contributed by atoms with Crippen LogP contribution in [-0.2, 0) is 27.4 Å². The lowest BCUT2D eigenvalue weighted by atomic mass is 9.44. The van der Waals surface area contributed by atoms with Gasteiger partial charge in [0.1, 0.15) is 11.9 Å². The third kappa shape index (κ3) is 7.64. The number of thioether (sulfide) groups is 1. The van der Waals surface area contributed by atoms with Crippen molar-refractivity contribution >= 4 is 29.4 Å². The molecule has 10 heteroatoms. The molecule has 3 aliphatic carbocycles. The highest BCUT2D eigenvalue weighted by Gasteiger charge is 2.68. The van der Waals surface area contributed by atoms with Crippen LogP contribution in [0.3, 0.4) is 0 Å². The Morgan fingerprint density at radius 3 is 2.39 bits per heavy atom. The highest BCUT2D eigenvalue weighted by molar-refractivity contribution is 8.00. The molecule has 3 aliphatic rings. The van der Waals surface area contributed by atoms with Gasteiger partial charge in [-0.05, 0) is 91.3 Å². The minimum atomic E-state index is -0.706. The summed E-state index contributed by atoms with van der Waals surface area (Å²) < 4.78 is 6.50. The normalized spacial score (nSPS) is 32.6. The van der Waals surface area contributed by atoms with E-state index < -0.39 is 23.0 Å². The summed E-state index contributed by atoms with van der Waals surface area (Å²) in [6.45, 7) is 11.2. The standard InChI is InChI=1S/C39H56N4O5S/c1-25-14-16-39-17-15-31(44)34(39)38(25,4)32(48-33(45)23-49-30-12-8-27(21-41)9-13-30)20-37(3,35(46)26(39)2)24-42-22-28-6-10-29(11-7-28)36(47)43-19-5-18-40/h6-13,25-26,32,34-35,42,46H,5,14-24,40-41H2,1-4H3,(H,43,47)/t25-,26+,32-,34+,35+,37-,38+,39+/m1/s1. The molecule has 1 amide bonds. The lowest BCUT2D eigenvalue weighted by Gasteiger charge is -2.62. The molecule has 3 fully saturated rings. The van der Waals surface area contributed by atoms with E-state index in [2.05, 4.69) is 38.3 Å². The third-order valence-electron chi connectivity index (χ3n) is 12.4. The molecule has 0 spiro atoms. The van der Waals surface area contributed by atoms with Crippen molar-refractivity contribution < 1.29 is 24.2 Å². The average molecular weight is 693 g/mol. The van der Waals surface area contributed by atoms with Crippen molar-refractivity contribution in [2.45, 2.75) is 96.4 Å². The van der Waals surface area contributed by atoms with E-state index in [-0.39, 0.29) is 46.6 Å². The van der Waals surface area contributed by atoms with E-state index >= 15 is 0 Å². The Morgan fingerprint density at radius 1 is 1.02 bits per heavy atom. The van der Waals surface area contributed by atoms with Crippen LogP contribution in [0.25, 0.3) is 0 Å². The van der Waals surface area contributed by atoms with Gasteiger partial charge >= 0.3 is 5.97 Å². The number of esters is 1. The number of hydrogen-bond donors (Lipinski definition) is 5. The van der Waals surface area contributed by atoms with E-state index in [0.29, 0.717) is 51.1 Å². The molecule has 7 N–H and O–H groups in total. The Kier molecular flexibility index (Phi) is 12.0. The van der Waals surface area contributed by atoms with Gasteiger partial charge in [0.25, 0.3) is 5.91 Å². The molecular formula is C39H56N4O5S. The second-order valence-electron chi connectivity index (χ2n) is 15.3. The molecule has 2 aromatic rings. The first kappa shape index (κ1) is 37.5. The van der Waals surface area contributed by atoms with Crippen LogP contribution in [0.2, 0.25) is 0 Å². The number of aliphatic hydroxyl groups is 1. The Balaban J connectivity index is 1.36. The number of rotatable bonds is 13. The van der Waals surface area contributed by atoms with Crippen LogP contribution >= 0.6 is 11.8 Å². The fourth-order valence-corrected chi connectivity index (χ4v) is 9.94. The minimum absolute atomic E-state index is 0.0941. The van der Waals surface area contributed by atoms with Gasteiger partial charge in [-0.25, -0.2) is 0 Å². The molecule has 5 rings (SSSR count). The first-order valence-corrected chi connectivity index (χ1v) is 19.0. The zero-order valence-corrected chi connectivity index (χ0v) is 30.5. The molecule has 8 atom stereocenters.